The molecule has 0 saturated carbocycles. The number of fused-ring (bicyclic) bond motifs is 1. The van der Waals surface area contributed by atoms with Gasteiger partial charge in [0.25, 0.3) is 0 Å². The summed E-state index contributed by atoms with van der Waals surface area (Å²) >= 11 is 0. The normalized spacial score (nSPS) is 10.2. The smallest absolute Gasteiger partial charge is 0.0728 e. The molecule has 2 aliphatic carbocycles. The molecule has 0 aliphatic heterocycles. The van der Waals surface area contributed by atoms with Crippen molar-refractivity contribution in [2.24, 2.45) is 0 Å². The van der Waals surface area contributed by atoms with Crippen LogP contribution in [-0.2, 0) is 0 Å². The van der Waals surface area contributed by atoms with Crippen LogP contribution in [0, 0.1) is 0 Å². The third-order valence-electron chi connectivity index (χ3n) is 2.33. The van der Waals surface area contributed by atoms with Gasteiger partial charge >= 0.3 is 0 Å². The Balaban J connectivity index is 2.82. The molecule has 16 heavy (non-hydrogen) atoms. The lowest BCUT2D eigenvalue weighted by Crippen LogP contribution is -2.29. The number of carbonyl (C=O) groups is 2. The van der Waals surface area contributed by atoms with Crippen molar-refractivity contribution in [3.8, 4) is 11.1 Å². The van der Waals surface area contributed by atoms with Gasteiger partial charge in [-0.1, -0.05) is 30.3 Å². The van der Waals surface area contributed by atoms with Crippen molar-refractivity contribution in [1.29, 1.82) is 0 Å². The number of carbonyl (C=O) groups excluding carboxylic acids is 2. The highest BCUT2D eigenvalue weighted by atomic mass is 16.4. The minimum Gasteiger partial charge on any atom is -0.545 e. The van der Waals surface area contributed by atoms with Crippen LogP contribution in [0.4, 0.5) is 0 Å². The van der Waals surface area contributed by atoms with Gasteiger partial charge in [0.2, 0.25) is 0 Å². The number of aromatic carboxylic acids is 2. The van der Waals surface area contributed by atoms with E-state index in [1.807, 2.05) is 0 Å². The summed E-state index contributed by atoms with van der Waals surface area (Å²) in [4.78, 5) is 21.7. The first-order chi connectivity index (χ1) is 7.61. The summed E-state index contributed by atoms with van der Waals surface area (Å²) in [5.74, 6) is -3.03. The van der Waals surface area contributed by atoms with Gasteiger partial charge < -0.3 is 19.8 Å². The standard InChI is InChI=1S/C12H8O4/c13-11(14)9-6-7-4-2-1-3-5-8(7)10(9)12(15)16/h1-6H,(H,13,14)(H,15,16)/p-2. The summed E-state index contributed by atoms with van der Waals surface area (Å²) in [5.41, 5.74) is 0.194. The molecule has 0 heterocycles. The second-order valence-corrected chi connectivity index (χ2v) is 3.29. The second kappa shape index (κ2) is 3.66. The van der Waals surface area contributed by atoms with Gasteiger partial charge in [0, 0.05) is 11.1 Å². The molecular formula is C12H6O4-2. The molecule has 0 saturated heterocycles. The zero-order valence-corrected chi connectivity index (χ0v) is 8.10. The maximum Gasteiger partial charge on any atom is 0.0728 e. The van der Waals surface area contributed by atoms with Crippen LogP contribution in [0.15, 0.2) is 36.4 Å². The predicted molar refractivity (Wildman–Crippen MR) is 51.7 cm³/mol. The van der Waals surface area contributed by atoms with Gasteiger partial charge in [-0.2, -0.15) is 0 Å². The largest absolute Gasteiger partial charge is 0.545 e. The molecule has 0 radical (unpaired) electrons. The van der Waals surface area contributed by atoms with E-state index in [9.17, 15) is 19.8 Å². The van der Waals surface area contributed by atoms with Crippen LogP contribution in [0.3, 0.4) is 0 Å². The van der Waals surface area contributed by atoms with E-state index in [0.717, 1.165) is 0 Å². The van der Waals surface area contributed by atoms with E-state index in [0.29, 0.717) is 11.1 Å². The van der Waals surface area contributed by atoms with Gasteiger partial charge in [0.05, 0.1) is 11.9 Å². The second-order valence-electron chi connectivity index (χ2n) is 3.29. The molecule has 0 aromatic rings. The fourth-order valence-corrected chi connectivity index (χ4v) is 1.67. The number of rotatable bonds is 2. The van der Waals surface area contributed by atoms with Crippen molar-refractivity contribution in [3.05, 3.63) is 47.5 Å². The van der Waals surface area contributed by atoms with Gasteiger partial charge in [0.1, 0.15) is 0 Å². The first kappa shape index (κ1) is 10.2. The molecule has 2 rings (SSSR count). The molecule has 0 unspecified atom stereocenters. The number of carboxylic acid groups (broad SMARTS) is 2. The van der Waals surface area contributed by atoms with Crippen LogP contribution in [0.5, 0.6) is 0 Å². The average molecular weight is 214 g/mol. The fraction of sp³-hybridized carbons (Fsp3) is 0. The zero-order valence-electron chi connectivity index (χ0n) is 8.10. The SMILES string of the molecule is O=C([O-])c1cc2cccccc-2c1C(=O)[O-]. The van der Waals surface area contributed by atoms with Crippen molar-refractivity contribution in [3.63, 3.8) is 0 Å². The Kier molecular flexibility index (Phi) is 2.32. The molecule has 0 N–H and O–H groups in total. The number of carboxylic acids is 2. The quantitative estimate of drug-likeness (QED) is 0.676. The van der Waals surface area contributed by atoms with Crippen LogP contribution in [0.2, 0.25) is 0 Å². The van der Waals surface area contributed by atoms with Crippen molar-refractivity contribution in [2.75, 3.05) is 0 Å². The van der Waals surface area contributed by atoms with Gasteiger partial charge in [-0.3, -0.25) is 0 Å². The van der Waals surface area contributed by atoms with Crippen LogP contribution >= 0.6 is 0 Å². The van der Waals surface area contributed by atoms with E-state index in [1.165, 1.54) is 12.1 Å². The Morgan fingerprint density at radius 1 is 0.938 bits per heavy atom. The molecule has 4 heteroatoms. The highest BCUT2D eigenvalue weighted by Crippen LogP contribution is 2.30. The Bertz CT molecular complexity index is 545. The molecule has 4 nitrogen and oxygen atoms in total. The Labute approximate surface area is 91.1 Å². The lowest BCUT2D eigenvalue weighted by atomic mass is 10.1. The molecule has 0 amide bonds. The molecule has 0 aromatic carbocycles. The summed E-state index contributed by atoms with van der Waals surface area (Å²) < 4.78 is 0. The number of hydrogen-bond donors (Lipinski definition) is 0. The maximum atomic E-state index is 10.9. The van der Waals surface area contributed by atoms with E-state index < -0.39 is 11.9 Å². The van der Waals surface area contributed by atoms with Crippen molar-refractivity contribution in [1.82, 2.24) is 0 Å². The van der Waals surface area contributed by atoms with E-state index >= 15 is 0 Å². The molecule has 0 fully saturated rings. The maximum absolute atomic E-state index is 10.9. The molecule has 80 valence electrons. The van der Waals surface area contributed by atoms with Crippen molar-refractivity contribution >= 4 is 11.9 Å². The topological polar surface area (TPSA) is 80.3 Å². The van der Waals surface area contributed by atoms with E-state index in [2.05, 4.69) is 0 Å². The monoisotopic (exact) mass is 214 g/mol. The van der Waals surface area contributed by atoms with Gasteiger partial charge in [-0.25, -0.2) is 0 Å². The summed E-state index contributed by atoms with van der Waals surface area (Å²) in [6.45, 7) is 0. The summed E-state index contributed by atoms with van der Waals surface area (Å²) in [6.07, 6.45) is 0. The lowest BCUT2D eigenvalue weighted by Gasteiger charge is -2.07. The van der Waals surface area contributed by atoms with Crippen LogP contribution in [0.1, 0.15) is 20.7 Å². The highest BCUT2D eigenvalue weighted by molar-refractivity contribution is 6.08. The molecule has 0 atom stereocenters. The van der Waals surface area contributed by atoms with Crippen molar-refractivity contribution < 1.29 is 19.8 Å². The van der Waals surface area contributed by atoms with Gasteiger partial charge in [-0.15, -0.1) is 0 Å². The van der Waals surface area contributed by atoms with Crippen LogP contribution < -0.4 is 10.2 Å². The molecule has 2 aliphatic rings. The lowest BCUT2D eigenvalue weighted by molar-refractivity contribution is -0.259. The Hall–Kier alpha value is -2.36. The zero-order chi connectivity index (χ0) is 11.7. The van der Waals surface area contributed by atoms with Crippen LogP contribution in [-0.4, -0.2) is 11.9 Å². The van der Waals surface area contributed by atoms with Crippen molar-refractivity contribution in [2.45, 2.75) is 0 Å². The minimum absolute atomic E-state index is 0.328. The third-order valence-corrected chi connectivity index (χ3v) is 2.33. The Morgan fingerprint density at radius 3 is 2.25 bits per heavy atom. The first-order valence-electron chi connectivity index (χ1n) is 4.55. The van der Waals surface area contributed by atoms with E-state index in [1.54, 1.807) is 24.3 Å². The fourth-order valence-electron chi connectivity index (χ4n) is 1.67. The third kappa shape index (κ3) is 1.50. The molecule has 0 aromatic heterocycles. The van der Waals surface area contributed by atoms with Gasteiger partial charge in [-0.05, 0) is 17.2 Å². The molecule has 0 bridgehead atoms. The van der Waals surface area contributed by atoms with Crippen LogP contribution in [0.25, 0.3) is 11.1 Å². The average Bonchev–Trinajstić information content (AvgIpc) is 2.43. The first-order valence-corrected chi connectivity index (χ1v) is 4.55. The van der Waals surface area contributed by atoms with E-state index in [4.69, 9.17) is 0 Å². The summed E-state index contributed by atoms with van der Waals surface area (Å²) in [7, 11) is 0. The highest BCUT2D eigenvalue weighted by Gasteiger charge is 2.15. The predicted octanol–water partition coefficient (Wildman–Crippen LogP) is -0.482. The summed E-state index contributed by atoms with van der Waals surface area (Å²) in [6, 6.07) is 9.49. The van der Waals surface area contributed by atoms with Gasteiger partial charge in [0.15, 0.2) is 0 Å². The minimum atomic E-state index is -1.52. The Morgan fingerprint density at radius 2 is 1.62 bits per heavy atom. The summed E-state index contributed by atoms with van der Waals surface area (Å²) in [5, 5.41) is 21.7. The van der Waals surface area contributed by atoms with E-state index in [-0.39, 0.29) is 11.1 Å². The number of hydrogen-bond acceptors (Lipinski definition) is 4. The molecule has 0 spiro atoms. The molecular weight excluding hydrogens is 208 g/mol.